The van der Waals surface area contributed by atoms with Gasteiger partial charge >= 0.3 is 0 Å². The highest BCUT2D eigenvalue weighted by molar-refractivity contribution is 7.89. The van der Waals surface area contributed by atoms with Crippen LogP contribution < -0.4 is 4.90 Å². The summed E-state index contributed by atoms with van der Waals surface area (Å²) in [6.45, 7) is 2.09. The first-order valence-corrected chi connectivity index (χ1v) is 12.9. The van der Waals surface area contributed by atoms with Gasteiger partial charge in [-0.3, -0.25) is 4.79 Å². The molecular formula is C26H25F2N3O3S. The van der Waals surface area contributed by atoms with Crippen LogP contribution in [0.15, 0.2) is 71.6 Å². The molecule has 2 aliphatic heterocycles. The number of benzene rings is 3. The smallest absolute Gasteiger partial charge is 0.253 e. The summed E-state index contributed by atoms with van der Waals surface area (Å²) in [7, 11) is -4.19. The van der Waals surface area contributed by atoms with E-state index in [0.29, 0.717) is 11.6 Å². The third kappa shape index (κ3) is 4.66. The van der Waals surface area contributed by atoms with E-state index in [1.54, 1.807) is 17.0 Å². The van der Waals surface area contributed by atoms with Crippen LogP contribution >= 0.6 is 0 Å². The van der Waals surface area contributed by atoms with Crippen LogP contribution in [0.2, 0.25) is 0 Å². The van der Waals surface area contributed by atoms with Crippen LogP contribution in [0.25, 0.3) is 0 Å². The average Bonchev–Trinajstić information content (AvgIpc) is 2.89. The standard InChI is InChI=1S/C26H25F2N3O3S/c27-22-7-10-24(28)25(17-22)35(33,34)31-15-13-29(14-16-31)26(32)20-5-8-23(9-6-20)30-12-11-19-3-1-2-4-21(19)18-30/h1-10,17H,11-16,18H2. The molecule has 182 valence electrons. The first-order valence-electron chi connectivity index (χ1n) is 11.5. The molecule has 2 heterocycles. The maximum Gasteiger partial charge on any atom is 0.253 e. The number of anilines is 1. The normalized spacial score (nSPS) is 16.7. The minimum Gasteiger partial charge on any atom is -0.367 e. The Balaban J connectivity index is 1.22. The number of carbonyl (C=O) groups is 1. The van der Waals surface area contributed by atoms with Gasteiger partial charge in [0.1, 0.15) is 16.5 Å². The predicted octanol–water partition coefficient (Wildman–Crippen LogP) is 3.67. The van der Waals surface area contributed by atoms with Crippen LogP contribution in [-0.4, -0.2) is 56.3 Å². The second-order valence-electron chi connectivity index (χ2n) is 8.76. The van der Waals surface area contributed by atoms with Crippen LogP contribution in [0.3, 0.4) is 0 Å². The van der Waals surface area contributed by atoms with Gasteiger partial charge < -0.3 is 9.80 Å². The van der Waals surface area contributed by atoms with E-state index in [4.69, 9.17) is 0 Å². The van der Waals surface area contributed by atoms with E-state index in [9.17, 15) is 22.0 Å². The lowest BCUT2D eigenvalue weighted by Gasteiger charge is -2.34. The molecule has 0 bridgehead atoms. The van der Waals surface area contributed by atoms with Crippen molar-refractivity contribution in [1.82, 2.24) is 9.21 Å². The lowest BCUT2D eigenvalue weighted by molar-refractivity contribution is 0.0697. The Morgan fingerprint density at radius 3 is 2.20 bits per heavy atom. The summed E-state index contributed by atoms with van der Waals surface area (Å²) in [4.78, 5) is 16.2. The molecule has 1 saturated heterocycles. The minimum atomic E-state index is -4.19. The van der Waals surface area contributed by atoms with Crippen molar-refractivity contribution in [3.63, 3.8) is 0 Å². The first-order chi connectivity index (χ1) is 16.8. The largest absolute Gasteiger partial charge is 0.367 e. The quantitative estimate of drug-likeness (QED) is 0.552. The van der Waals surface area contributed by atoms with Crippen LogP contribution in [-0.2, 0) is 23.0 Å². The Morgan fingerprint density at radius 1 is 0.800 bits per heavy atom. The highest BCUT2D eigenvalue weighted by Gasteiger charge is 2.32. The van der Waals surface area contributed by atoms with Gasteiger partial charge in [-0.1, -0.05) is 24.3 Å². The van der Waals surface area contributed by atoms with E-state index in [-0.39, 0.29) is 32.1 Å². The molecule has 35 heavy (non-hydrogen) atoms. The van der Waals surface area contributed by atoms with Gasteiger partial charge in [-0.2, -0.15) is 4.31 Å². The summed E-state index contributed by atoms with van der Waals surface area (Å²) in [5.74, 6) is -2.01. The van der Waals surface area contributed by atoms with Crippen molar-refractivity contribution in [3.8, 4) is 0 Å². The molecule has 6 nitrogen and oxygen atoms in total. The number of amides is 1. The number of fused-ring (bicyclic) bond motifs is 1. The van der Waals surface area contributed by atoms with Crippen LogP contribution in [0, 0.1) is 11.6 Å². The molecule has 0 saturated carbocycles. The van der Waals surface area contributed by atoms with Gasteiger partial charge in [-0.25, -0.2) is 17.2 Å². The summed E-state index contributed by atoms with van der Waals surface area (Å²) in [5.41, 5.74) is 4.25. The van der Waals surface area contributed by atoms with E-state index in [2.05, 4.69) is 23.1 Å². The molecule has 9 heteroatoms. The molecule has 1 fully saturated rings. The van der Waals surface area contributed by atoms with Crippen molar-refractivity contribution in [2.75, 3.05) is 37.6 Å². The van der Waals surface area contributed by atoms with E-state index < -0.39 is 26.6 Å². The zero-order chi connectivity index (χ0) is 24.6. The number of carbonyl (C=O) groups excluding carboxylic acids is 1. The topological polar surface area (TPSA) is 60.9 Å². The first kappa shape index (κ1) is 23.4. The molecule has 0 aliphatic carbocycles. The van der Waals surface area contributed by atoms with Gasteiger partial charge in [-0.15, -0.1) is 0 Å². The van der Waals surface area contributed by atoms with Crippen LogP contribution in [0.4, 0.5) is 14.5 Å². The maximum absolute atomic E-state index is 14.0. The molecule has 3 aromatic carbocycles. The fourth-order valence-corrected chi connectivity index (χ4v) is 6.16. The summed E-state index contributed by atoms with van der Waals surface area (Å²) >= 11 is 0. The van der Waals surface area contributed by atoms with Crippen molar-refractivity contribution < 1.29 is 22.0 Å². The Bertz CT molecular complexity index is 1350. The Hall–Kier alpha value is -3.30. The van der Waals surface area contributed by atoms with Gasteiger partial charge in [0.05, 0.1) is 0 Å². The number of piperazine rings is 1. The van der Waals surface area contributed by atoms with E-state index in [1.165, 1.54) is 11.1 Å². The van der Waals surface area contributed by atoms with Gasteiger partial charge in [0, 0.05) is 50.5 Å². The minimum absolute atomic E-state index is 0.00922. The monoisotopic (exact) mass is 497 g/mol. The molecule has 5 rings (SSSR count). The Morgan fingerprint density at radius 2 is 1.49 bits per heavy atom. The van der Waals surface area contributed by atoms with Crippen LogP contribution in [0.1, 0.15) is 21.5 Å². The zero-order valence-corrected chi connectivity index (χ0v) is 19.8. The molecule has 0 radical (unpaired) electrons. The number of halogens is 2. The Kier molecular flexibility index (Phi) is 6.29. The molecule has 3 aromatic rings. The van der Waals surface area contributed by atoms with E-state index >= 15 is 0 Å². The fraction of sp³-hybridized carbons (Fsp3) is 0.269. The van der Waals surface area contributed by atoms with E-state index in [1.807, 2.05) is 18.2 Å². The third-order valence-electron chi connectivity index (χ3n) is 6.65. The summed E-state index contributed by atoms with van der Waals surface area (Å²) in [5, 5.41) is 0. The molecule has 0 aromatic heterocycles. The lowest BCUT2D eigenvalue weighted by Crippen LogP contribution is -2.50. The van der Waals surface area contributed by atoms with E-state index in [0.717, 1.165) is 41.6 Å². The number of hydrogen-bond donors (Lipinski definition) is 0. The fourth-order valence-electron chi connectivity index (χ4n) is 4.66. The van der Waals surface area contributed by atoms with Crippen molar-refractivity contribution in [2.24, 2.45) is 0 Å². The molecule has 0 unspecified atom stereocenters. The predicted molar refractivity (Wildman–Crippen MR) is 129 cm³/mol. The Labute approximate surface area is 203 Å². The molecule has 0 spiro atoms. The van der Waals surface area contributed by atoms with Crippen molar-refractivity contribution in [1.29, 1.82) is 0 Å². The van der Waals surface area contributed by atoms with Gasteiger partial charge in [0.15, 0.2) is 0 Å². The van der Waals surface area contributed by atoms with Gasteiger partial charge in [0.25, 0.3) is 5.91 Å². The zero-order valence-electron chi connectivity index (χ0n) is 19.0. The van der Waals surface area contributed by atoms with Crippen molar-refractivity contribution in [3.05, 3.63) is 95.1 Å². The van der Waals surface area contributed by atoms with Gasteiger partial charge in [-0.05, 0) is 60.0 Å². The number of sulfonamides is 1. The highest BCUT2D eigenvalue weighted by atomic mass is 32.2. The molecule has 2 aliphatic rings. The highest BCUT2D eigenvalue weighted by Crippen LogP contribution is 2.26. The van der Waals surface area contributed by atoms with Crippen LogP contribution in [0.5, 0.6) is 0 Å². The van der Waals surface area contributed by atoms with Crippen molar-refractivity contribution in [2.45, 2.75) is 17.9 Å². The second kappa shape index (κ2) is 9.39. The summed E-state index contributed by atoms with van der Waals surface area (Å²) in [6, 6.07) is 18.2. The SMILES string of the molecule is O=C(c1ccc(N2CCc3ccccc3C2)cc1)N1CCN(S(=O)(=O)c2cc(F)ccc2F)CC1. The molecule has 1 amide bonds. The maximum atomic E-state index is 14.0. The summed E-state index contributed by atoms with van der Waals surface area (Å²) in [6.07, 6.45) is 0.976. The van der Waals surface area contributed by atoms with Crippen molar-refractivity contribution >= 4 is 21.6 Å². The number of hydrogen-bond acceptors (Lipinski definition) is 4. The second-order valence-corrected chi connectivity index (χ2v) is 10.7. The molecular weight excluding hydrogens is 472 g/mol. The lowest BCUT2D eigenvalue weighted by atomic mass is 9.99. The average molecular weight is 498 g/mol. The third-order valence-corrected chi connectivity index (χ3v) is 8.56. The summed E-state index contributed by atoms with van der Waals surface area (Å²) < 4.78 is 54.2. The number of nitrogens with zero attached hydrogens (tertiary/aromatic N) is 3. The molecule has 0 N–H and O–H groups in total. The van der Waals surface area contributed by atoms with Gasteiger partial charge in [0.2, 0.25) is 10.0 Å². The number of rotatable bonds is 4. The molecule has 0 atom stereocenters.